The van der Waals surface area contributed by atoms with Crippen LogP contribution in [0.2, 0.25) is 0 Å². The third-order valence-corrected chi connectivity index (χ3v) is 3.12. The number of thiazole rings is 1. The number of hydrogen-bond donors (Lipinski definition) is 1. The molecule has 4 heteroatoms. The van der Waals surface area contributed by atoms with Gasteiger partial charge in [0.25, 0.3) is 5.91 Å². The van der Waals surface area contributed by atoms with Crippen LogP contribution in [0.4, 0.5) is 0 Å². The average Bonchev–Trinajstić information content (AvgIpc) is 2.74. The van der Waals surface area contributed by atoms with Crippen molar-refractivity contribution < 1.29 is 4.79 Å². The second-order valence-corrected chi connectivity index (χ2v) is 4.21. The topological polar surface area (TPSA) is 42.0 Å². The standard InChI is InChI=1S/C9H12N2OS/c12-9(8-5-10-6-13-8)11-7-3-1-2-4-7/h5-7H,1-4H2,(H,11,12). The first-order valence-corrected chi connectivity index (χ1v) is 5.43. The highest BCUT2D eigenvalue weighted by Gasteiger charge is 2.18. The highest BCUT2D eigenvalue weighted by molar-refractivity contribution is 7.11. The van der Waals surface area contributed by atoms with Crippen molar-refractivity contribution in [1.82, 2.24) is 10.3 Å². The quantitative estimate of drug-likeness (QED) is 0.784. The van der Waals surface area contributed by atoms with E-state index in [4.69, 9.17) is 0 Å². The lowest BCUT2D eigenvalue weighted by Gasteiger charge is -2.09. The van der Waals surface area contributed by atoms with Crippen molar-refractivity contribution in [2.24, 2.45) is 0 Å². The van der Waals surface area contributed by atoms with E-state index in [1.807, 2.05) is 0 Å². The van der Waals surface area contributed by atoms with Gasteiger partial charge in [0.05, 0.1) is 11.7 Å². The monoisotopic (exact) mass is 196 g/mol. The van der Waals surface area contributed by atoms with Crippen molar-refractivity contribution in [3.05, 3.63) is 16.6 Å². The first kappa shape index (κ1) is 8.69. The Morgan fingerprint density at radius 1 is 1.54 bits per heavy atom. The molecule has 0 aromatic carbocycles. The molecule has 0 atom stereocenters. The maximum atomic E-state index is 11.5. The second kappa shape index (κ2) is 3.87. The van der Waals surface area contributed by atoms with Gasteiger partial charge < -0.3 is 5.32 Å². The fourth-order valence-electron chi connectivity index (χ4n) is 1.65. The van der Waals surface area contributed by atoms with Crippen LogP contribution < -0.4 is 5.32 Å². The summed E-state index contributed by atoms with van der Waals surface area (Å²) in [6, 6.07) is 0.398. The van der Waals surface area contributed by atoms with Gasteiger partial charge in [-0.3, -0.25) is 9.78 Å². The van der Waals surface area contributed by atoms with Crippen LogP contribution in [0.15, 0.2) is 11.7 Å². The Bertz CT molecular complexity index is 278. The van der Waals surface area contributed by atoms with Gasteiger partial charge in [-0.05, 0) is 12.8 Å². The lowest BCUT2D eigenvalue weighted by Crippen LogP contribution is -2.31. The molecule has 1 aromatic rings. The van der Waals surface area contributed by atoms with E-state index >= 15 is 0 Å². The molecule has 1 saturated carbocycles. The zero-order valence-corrected chi connectivity index (χ0v) is 8.14. The zero-order chi connectivity index (χ0) is 9.10. The average molecular weight is 196 g/mol. The van der Waals surface area contributed by atoms with Gasteiger partial charge in [-0.1, -0.05) is 12.8 Å². The van der Waals surface area contributed by atoms with Crippen LogP contribution in [0.3, 0.4) is 0 Å². The predicted octanol–water partition coefficient (Wildman–Crippen LogP) is 1.82. The van der Waals surface area contributed by atoms with E-state index in [9.17, 15) is 4.79 Å². The second-order valence-electron chi connectivity index (χ2n) is 3.32. The molecule has 1 aromatic heterocycles. The van der Waals surface area contributed by atoms with Crippen molar-refractivity contribution in [2.45, 2.75) is 31.7 Å². The van der Waals surface area contributed by atoms with E-state index in [-0.39, 0.29) is 5.91 Å². The molecule has 0 radical (unpaired) electrons. The van der Waals surface area contributed by atoms with Gasteiger partial charge in [-0.15, -0.1) is 11.3 Å². The van der Waals surface area contributed by atoms with Crippen molar-refractivity contribution in [1.29, 1.82) is 0 Å². The molecular formula is C9H12N2OS. The minimum absolute atomic E-state index is 0.0365. The van der Waals surface area contributed by atoms with E-state index < -0.39 is 0 Å². The maximum Gasteiger partial charge on any atom is 0.263 e. The van der Waals surface area contributed by atoms with Crippen molar-refractivity contribution >= 4 is 17.2 Å². The van der Waals surface area contributed by atoms with Crippen molar-refractivity contribution in [3.63, 3.8) is 0 Å². The Morgan fingerprint density at radius 3 is 2.92 bits per heavy atom. The van der Waals surface area contributed by atoms with Gasteiger partial charge in [0.15, 0.2) is 0 Å². The Morgan fingerprint density at radius 2 is 2.31 bits per heavy atom. The van der Waals surface area contributed by atoms with Crippen LogP contribution in [0, 0.1) is 0 Å². The van der Waals surface area contributed by atoms with Gasteiger partial charge in [0, 0.05) is 6.04 Å². The lowest BCUT2D eigenvalue weighted by atomic mass is 10.2. The normalized spacial score (nSPS) is 17.5. The highest BCUT2D eigenvalue weighted by atomic mass is 32.1. The van der Waals surface area contributed by atoms with Gasteiger partial charge in [-0.25, -0.2) is 0 Å². The van der Waals surface area contributed by atoms with Gasteiger partial charge in [-0.2, -0.15) is 0 Å². The summed E-state index contributed by atoms with van der Waals surface area (Å²) in [7, 11) is 0. The minimum Gasteiger partial charge on any atom is -0.349 e. The highest BCUT2D eigenvalue weighted by Crippen LogP contribution is 2.18. The molecule has 1 aliphatic carbocycles. The van der Waals surface area contributed by atoms with Crippen LogP contribution >= 0.6 is 11.3 Å². The molecule has 1 N–H and O–H groups in total. The molecule has 1 aliphatic rings. The SMILES string of the molecule is O=C(NC1CCCC1)c1cncs1. The first-order valence-electron chi connectivity index (χ1n) is 4.55. The van der Waals surface area contributed by atoms with Crippen LogP contribution in [-0.4, -0.2) is 16.9 Å². The summed E-state index contributed by atoms with van der Waals surface area (Å²) in [6.07, 6.45) is 6.37. The Balaban J connectivity index is 1.91. The zero-order valence-electron chi connectivity index (χ0n) is 7.32. The van der Waals surface area contributed by atoms with E-state index in [1.165, 1.54) is 24.2 Å². The Hall–Kier alpha value is -0.900. The molecule has 0 spiro atoms. The first-order chi connectivity index (χ1) is 6.36. The molecule has 0 bridgehead atoms. The van der Waals surface area contributed by atoms with Crippen LogP contribution in [0.1, 0.15) is 35.4 Å². The Labute approximate surface area is 81.2 Å². The number of aromatic nitrogens is 1. The molecule has 1 heterocycles. The fourth-order valence-corrected chi connectivity index (χ4v) is 2.18. The fraction of sp³-hybridized carbons (Fsp3) is 0.556. The van der Waals surface area contributed by atoms with Gasteiger partial charge in [0.2, 0.25) is 0 Å². The molecule has 1 fully saturated rings. The summed E-state index contributed by atoms with van der Waals surface area (Å²) in [5, 5.41) is 3.01. The van der Waals surface area contributed by atoms with E-state index in [2.05, 4.69) is 10.3 Å². The van der Waals surface area contributed by atoms with Crippen LogP contribution in [0.5, 0.6) is 0 Å². The largest absolute Gasteiger partial charge is 0.349 e. The summed E-state index contributed by atoms with van der Waals surface area (Å²) in [5.41, 5.74) is 1.68. The summed E-state index contributed by atoms with van der Waals surface area (Å²) >= 11 is 1.39. The number of rotatable bonds is 2. The lowest BCUT2D eigenvalue weighted by molar-refractivity contribution is 0.0942. The molecule has 2 rings (SSSR count). The molecule has 0 unspecified atom stereocenters. The predicted molar refractivity (Wildman–Crippen MR) is 51.8 cm³/mol. The minimum atomic E-state index is 0.0365. The maximum absolute atomic E-state index is 11.5. The molecule has 0 aliphatic heterocycles. The van der Waals surface area contributed by atoms with E-state index in [0.717, 1.165) is 12.8 Å². The van der Waals surface area contributed by atoms with Gasteiger partial charge >= 0.3 is 0 Å². The van der Waals surface area contributed by atoms with Crippen molar-refractivity contribution in [2.75, 3.05) is 0 Å². The molecule has 70 valence electrons. The number of carbonyl (C=O) groups is 1. The molecule has 1 amide bonds. The smallest absolute Gasteiger partial charge is 0.263 e. The summed E-state index contributed by atoms with van der Waals surface area (Å²) in [6.45, 7) is 0. The van der Waals surface area contributed by atoms with Gasteiger partial charge in [0.1, 0.15) is 4.88 Å². The third-order valence-electron chi connectivity index (χ3n) is 2.35. The summed E-state index contributed by atoms with van der Waals surface area (Å²) in [5.74, 6) is 0.0365. The van der Waals surface area contributed by atoms with E-state index in [1.54, 1.807) is 11.7 Å². The summed E-state index contributed by atoms with van der Waals surface area (Å²) < 4.78 is 0. The Kier molecular flexibility index (Phi) is 2.59. The third kappa shape index (κ3) is 2.06. The van der Waals surface area contributed by atoms with E-state index in [0.29, 0.717) is 10.9 Å². The molecule has 0 saturated heterocycles. The van der Waals surface area contributed by atoms with Crippen LogP contribution in [-0.2, 0) is 0 Å². The molecule has 3 nitrogen and oxygen atoms in total. The number of nitrogens with one attached hydrogen (secondary N) is 1. The molecular weight excluding hydrogens is 184 g/mol. The number of carbonyl (C=O) groups excluding carboxylic acids is 1. The van der Waals surface area contributed by atoms with Crippen molar-refractivity contribution in [3.8, 4) is 0 Å². The number of amides is 1. The number of nitrogens with zero attached hydrogens (tertiary/aromatic N) is 1. The van der Waals surface area contributed by atoms with Crippen LogP contribution in [0.25, 0.3) is 0 Å². The summed E-state index contributed by atoms with van der Waals surface area (Å²) in [4.78, 5) is 16.1. The number of hydrogen-bond acceptors (Lipinski definition) is 3. The molecule has 13 heavy (non-hydrogen) atoms.